The molecule has 1 atom stereocenters. The van der Waals surface area contributed by atoms with Gasteiger partial charge in [0.05, 0.1) is 0 Å². The van der Waals surface area contributed by atoms with Crippen molar-refractivity contribution in [2.45, 2.75) is 12.0 Å². The van der Waals surface area contributed by atoms with Gasteiger partial charge in [0.2, 0.25) is 0 Å². The van der Waals surface area contributed by atoms with E-state index in [-0.39, 0.29) is 13.1 Å². The van der Waals surface area contributed by atoms with Gasteiger partial charge < -0.3 is 9.47 Å². The minimum Gasteiger partial charge on any atom is -0.461 e. The molecule has 0 aromatic rings. The van der Waals surface area contributed by atoms with Gasteiger partial charge in [-0.25, -0.2) is 0 Å². The molecule has 0 amide bonds. The largest absolute Gasteiger partial charge is 0.461 e. The van der Waals surface area contributed by atoms with Crippen LogP contribution in [0.5, 0.6) is 0 Å². The zero-order chi connectivity index (χ0) is 13.0. The summed E-state index contributed by atoms with van der Waals surface area (Å²) in [6.45, 7) is -0.119. The molecule has 1 unspecified atom stereocenters. The molecule has 0 radical (unpaired) electrons. The van der Waals surface area contributed by atoms with Gasteiger partial charge in [-0.2, -0.15) is 0 Å². The van der Waals surface area contributed by atoms with Gasteiger partial charge >= 0.3 is 5.97 Å². The van der Waals surface area contributed by atoms with Crippen molar-refractivity contribution in [2.75, 3.05) is 6.61 Å². The Hall–Kier alpha value is 1.25. The summed E-state index contributed by atoms with van der Waals surface area (Å²) < 4.78 is 6.01. The van der Waals surface area contributed by atoms with E-state index < -0.39 is 18.0 Å². The Morgan fingerprint density at radius 1 is 1.38 bits per heavy atom. The van der Waals surface area contributed by atoms with Gasteiger partial charge in [-0.1, -0.05) is 71.0 Å². The average Bonchev–Trinajstić information content (AvgIpc) is 2.11. The molecule has 0 aliphatic carbocycles. The second-order valence-electron chi connectivity index (χ2n) is 2.36. The molecule has 0 fully saturated rings. The molecule has 0 bridgehead atoms. The highest BCUT2D eigenvalue weighted by molar-refractivity contribution is 9.39. The predicted molar refractivity (Wildman–Crippen MR) is 71.7 cm³/mol. The molecule has 16 heavy (non-hydrogen) atoms. The summed E-state index contributed by atoms with van der Waals surface area (Å²) in [6, 6.07) is 0. The zero-order valence-corrected chi connectivity index (χ0v) is 14.3. The molecule has 4 nitrogen and oxygen atoms in total. The third kappa shape index (κ3) is 6.86. The van der Waals surface area contributed by atoms with E-state index in [1.165, 1.54) is 0 Å². The van der Waals surface area contributed by atoms with Crippen LogP contribution in [0.15, 0.2) is 0 Å². The first kappa shape index (κ1) is 17.2. The number of ether oxygens (including phenoxy) is 2. The standard InChI is InChI=1S/C6H4Br3Cl3O4/c7-5(8,9)1-15-4(14)3(10)6(11,12)16-2-13/h2-3H,1H2. The summed E-state index contributed by atoms with van der Waals surface area (Å²) in [5.74, 6) is -0.934. The summed E-state index contributed by atoms with van der Waals surface area (Å²) in [5, 5.41) is -1.55. The highest BCUT2D eigenvalue weighted by atomic mass is 80.0. The number of carbonyl (C=O) groups excluding carboxylic acids is 2. The van der Waals surface area contributed by atoms with Crippen molar-refractivity contribution in [3.05, 3.63) is 0 Å². The molecule has 0 N–H and O–H groups in total. The highest BCUT2D eigenvalue weighted by Gasteiger charge is 2.42. The van der Waals surface area contributed by atoms with Gasteiger partial charge in [0.25, 0.3) is 11.0 Å². The Balaban J connectivity index is 4.33. The molecular weight excluding hydrogens is 482 g/mol. The fourth-order valence-electron chi connectivity index (χ4n) is 0.487. The molecule has 94 valence electrons. The van der Waals surface area contributed by atoms with Gasteiger partial charge in [0.15, 0.2) is 7.52 Å². The normalized spacial score (nSPS) is 14.1. The number of hydrogen-bond acceptors (Lipinski definition) is 4. The van der Waals surface area contributed by atoms with Crippen molar-refractivity contribution in [1.82, 2.24) is 0 Å². The number of hydrogen-bond donors (Lipinski definition) is 0. The molecule has 0 aromatic heterocycles. The predicted octanol–water partition coefficient (Wildman–Crippen LogP) is 3.28. The van der Waals surface area contributed by atoms with Crippen molar-refractivity contribution in [3.63, 3.8) is 0 Å². The fraction of sp³-hybridized carbons (Fsp3) is 0.667. The van der Waals surface area contributed by atoms with Crippen LogP contribution in [0.3, 0.4) is 0 Å². The Morgan fingerprint density at radius 2 is 1.88 bits per heavy atom. The number of halogens is 6. The summed E-state index contributed by atoms with van der Waals surface area (Å²) >= 11 is 25.8. The van der Waals surface area contributed by atoms with E-state index in [4.69, 9.17) is 39.5 Å². The van der Waals surface area contributed by atoms with E-state index in [9.17, 15) is 9.59 Å². The number of rotatable bonds is 5. The number of alkyl halides is 6. The van der Waals surface area contributed by atoms with Crippen LogP contribution >= 0.6 is 82.6 Å². The molecule has 0 aliphatic rings. The maximum atomic E-state index is 11.3. The van der Waals surface area contributed by atoms with Crippen LogP contribution in [0.25, 0.3) is 0 Å². The molecule has 0 aromatic carbocycles. The molecule has 10 heteroatoms. The lowest BCUT2D eigenvalue weighted by molar-refractivity contribution is -0.146. The van der Waals surface area contributed by atoms with E-state index in [0.29, 0.717) is 0 Å². The summed E-state index contributed by atoms with van der Waals surface area (Å²) in [6.07, 6.45) is 0. The Kier molecular flexibility index (Phi) is 7.54. The Morgan fingerprint density at radius 3 is 2.25 bits per heavy atom. The first-order valence-corrected chi connectivity index (χ1v) is 7.04. The molecule has 0 aliphatic heterocycles. The first-order valence-electron chi connectivity index (χ1n) is 3.47. The minimum atomic E-state index is -2.17. The third-order valence-electron chi connectivity index (χ3n) is 1.09. The highest BCUT2D eigenvalue weighted by Crippen LogP contribution is 2.35. The van der Waals surface area contributed by atoms with Crippen LogP contribution in [-0.2, 0) is 19.1 Å². The van der Waals surface area contributed by atoms with Crippen molar-refractivity contribution < 1.29 is 19.1 Å². The molecule has 0 rings (SSSR count). The van der Waals surface area contributed by atoms with Gasteiger partial charge in [0, 0.05) is 0 Å². The quantitative estimate of drug-likeness (QED) is 0.340. The van der Waals surface area contributed by atoms with Crippen LogP contribution in [0.2, 0.25) is 0 Å². The number of esters is 1. The van der Waals surface area contributed by atoms with E-state index in [0.717, 1.165) is 0 Å². The second kappa shape index (κ2) is 6.99. The van der Waals surface area contributed by atoms with Crippen molar-refractivity contribution in [3.8, 4) is 0 Å². The van der Waals surface area contributed by atoms with Crippen LogP contribution < -0.4 is 0 Å². The lowest BCUT2D eigenvalue weighted by Crippen LogP contribution is -2.38. The molecular formula is C6H4Br3Cl3O4. The smallest absolute Gasteiger partial charge is 0.331 e. The van der Waals surface area contributed by atoms with Gasteiger partial charge in [0.1, 0.15) is 6.61 Å². The lowest BCUT2D eigenvalue weighted by atomic mass is 10.4. The van der Waals surface area contributed by atoms with E-state index in [2.05, 4.69) is 52.5 Å². The first-order chi connectivity index (χ1) is 7.10. The van der Waals surface area contributed by atoms with Gasteiger partial charge in [-0.05, 0) is 0 Å². The monoisotopic (exact) mass is 482 g/mol. The van der Waals surface area contributed by atoms with Gasteiger partial charge in [-0.3, -0.25) is 9.59 Å². The maximum Gasteiger partial charge on any atom is 0.331 e. The lowest BCUT2D eigenvalue weighted by Gasteiger charge is -2.22. The second-order valence-corrected chi connectivity index (χ2v) is 11.4. The summed E-state index contributed by atoms with van der Waals surface area (Å²) in [5.41, 5.74) is 0. The number of carbonyl (C=O) groups is 2. The molecule has 0 saturated carbocycles. The van der Waals surface area contributed by atoms with Gasteiger partial charge in [-0.15, -0.1) is 11.6 Å². The zero-order valence-electron chi connectivity index (χ0n) is 7.26. The van der Waals surface area contributed by atoms with Crippen LogP contribution in [0.4, 0.5) is 0 Å². The fourth-order valence-corrected chi connectivity index (χ4v) is 1.20. The average molecular weight is 486 g/mol. The minimum absolute atomic E-state index is 0.0214. The van der Waals surface area contributed by atoms with E-state index >= 15 is 0 Å². The molecule has 0 spiro atoms. The maximum absolute atomic E-state index is 11.3. The topological polar surface area (TPSA) is 52.6 Å². The molecule has 0 heterocycles. The Labute approximate surface area is 132 Å². The van der Waals surface area contributed by atoms with Crippen LogP contribution in [0, 0.1) is 0 Å². The van der Waals surface area contributed by atoms with Crippen molar-refractivity contribution in [2.24, 2.45) is 0 Å². The van der Waals surface area contributed by atoms with Crippen molar-refractivity contribution in [1.29, 1.82) is 0 Å². The summed E-state index contributed by atoms with van der Waals surface area (Å²) in [7, 11) is 0. The van der Waals surface area contributed by atoms with Crippen molar-refractivity contribution >= 4 is 95.0 Å². The SMILES string of the molecule is O=COC(Cl)(Cl)C(Cl)C(=O)OCC(Br)(Br)Br. The summed E-state index contributed by atoms with van der Waals surface area (Å²) in [4.78, 5) is 21.4. The molecule has 0 saturated heterocycles. The van der Waals surface area contributed by atoms with E-state index in [1.807, 2.05) is 0 Å². The van der Waals surface area contributed by atoms with Crippen LogP contribution in [0.1, 0.15) is 0 Å². The van der Waals surface area contributed by atoms with Crippen LogP contribution in [-0.4, -0.2) is 31.1 Å². The Bertz CT molecular complexity index is 268. The third-order valence-corrected chi connectivity index (χ3v) is 3.10. The van der Waals surface area contributed by atoms with E-state index in [1.54, 1.807) is 0 Å².